The minimum Gasteiger partial charge on any atom is -0.312 e. The minimum absolute atomic E-state index is 0.0869. The molecule has 1 aromatic carbocycles. The van der Waals surface area contributed by atoms with Crippen LogP contribution in [0.5, 0.6) is 0 Å². The van der Waals surface area contributed by atoms with Crippen LogP contribution in [0.1, 0.15) is 36.4 Å². The molecule has 1 aromatic rings. The third kappa shape index (κ3) is 2.00. The average molecular weight is 260 g/mol. The van der Waals surface area contributed by atoms with Gasteiger partial charge in [-0.25, -0.2) is 4.39 Å². The van der Waals surface area contributed by atoms with Gasteiger partial charge in [0.05, 0.1) is 0 Å². The van der Waals surface area contributed by atoms with E-state index in [4.69, 9.17) is 0 Å². The zero-order valence-electron chi connectivity index (χ0n) is 11.2. The molecule has 0 spiro atoms. The average Bonchev–Trinajstić information content (AvgIpc) is 3.00. The Morgan fingerprint density at radius 2 is 2.16 bits per heavy atom. The van der Waals surface area contributed by atoms with Crippen molar-refractivity contribution in [1.29, 1.82) is 0 Å². The summed E-state index contributed by atoms with van der Waals surface area (Å²) in [5.41, 5.74) is 2.60. The van der Waals surface area contributed by atoms with Crippen LogP contribution in [0.15, 0.2) is 18.2 Å². The maximum absolute atomic E-state index is 13.3. The van der Waals surface area contributed by atoms with E-state index in [1.165, 1.54) is 43.6 Å². The Kier molecular flexibility index (Phi) is 2.85. The highest BCUT2D eigenvalue weighted by Crippen LogP contribution is 2.39. The molecular formula is C16H21FN2. The normalized spacial score (nSPS) is 34.3. The standard InChI is InChI=1S/C16H21FN2/c17-13-4-5-14-11(8-13)3-6-16(14)19-9-12-2-1-7-18-15(12)10-19/h4-5,8,12,15-16,18H,1-3,6-7,9-10H2. The van der Waals surface area contributed by atoms with Crippen molar-refractivity contribution in [3.05, 3.63) is 35.1 Å². The van der Waals surface area contributed by atoms with Gasteiger partial charge in [-0.15, -0.1) is 0 Å². The lowest BCUT2D eigenvalue weighted by Gasteiger charge is -2.25. The van der Waals surface area contributed by atoms with Crippen LogP contribution in [0.2, 0.25) is 0 Å². The zero-order chi connectivity index (χ0) is 12.8. The molecule has 3 aliphatic rings. The summed E-state index contributed by atoms with van der Waals surface area (Å²) in [7, 11) is 0. The first-order valence-corrected chi connectivity index (χ1v) is 7.57. The van der Waals surface area contributed by atoms with Gasteiger partial charge >= 0.3 is 0 Å². The Labute approximate surface area is 114 Å². The van der Waals surface area contributed by atoms with Crippen LogP contribution in [0.4, 0.5) is 4.39 Å². The molecule has 4 rings (SSSR count). The second-order valence-electron chi connectivity index (χ2n) is 6.31. The first kappa shape index (κ1) is 11.9. The van der Waals surface area contributed by atoms with E-state index >= 15 is 0 Å². The van der Waals surface area contributed by atoms with Crippen LogP contribution in [-0.2, 0) is 6.42 Å². The van der Waals surface area contributed by atoms with Gasteiger partial charge in [0.1, 0.15) is 5.82 Å². The number of benzene rings is 1. The van der Waals surface area contributed by atoms with Crippen LogP contribution >= 0.6 is 0 Å². The zero-order valence-corrected chi connectivity index (χ0v) is 11.2. The Bertz CT molecular complexity index is 474. The fourth-order valence-corrected chi connectivity index (χ4v) is 4.28. The second-order valence-corrected chi connectivity index (χ2v) is 6.31. The second kappa shape index (κ2) is 4.57. The number of rotatable bonds is 1. The Hall–Kier alpha value is -0.930. The van der Waals surface area contributed by atoms with Gasteiger partial charge in [-0.2, -0.15) is 0 Å². The molecule has 0 aromatic heterocycles. The minimum atomic E-state index is -0.0869. The van der Waals surface area contributed by atoms with Gasteiger partial charge < -0.3 is 5.32 Å². The van der Waals surface area contributed by atoms with Gasteiger partial charge in [0.2, 0.25) is 0 Å². The number of halogens is 1. The molecular weight excluding hydrogens is 239 g/mol. The summed E-state index contributed by atoms with van der Waals surface area (Å²) in [6.45, 7) is 3.58. The lowest BCUT2D eigenvalue weighted by Crippen LogP contribution is -2.40. The van der Waals surface area contributed by atoms with Gasteiger partial charge in [0.25, 0.3) is 0 Å². The predicted octanol–water partition coefficient (Wildman–Crippen LogP) is 2.50. The third-order valence-electron chi connectivity index (χ3n) is 5.22. The van der Waals surface area contributed by atoms with Crippen molar-refractivity contribution in [2.24, 2.45) is 5.92 Å². The molecule has 2 fully saturated rings. The summed E-state index contributed by atoms with van der Waals surface area (Å²) in [6, 6.07) is 6.59. The lowest BCUT2D eigenvalue weighted by atomic mass is 9.94. The van der Waals surface area contributed by atoms with Crippen molar-refractivity contribution in [3.8, 4) is 0 Å². The summed E-state index contributed by atoms with van der Waals surface area (Å²) in [5.74, 6) is 0.745. The highest BCUT2D eigenvalue weighted by Gasteiger charge is 2.39. The van der Waals surface area contributed by atoms with E-state index in [1.807, 2.05) is 6.07 Å². The van der Waals surface area contributed by atoms with E-state index in [0.29, 0.717) is 12.1 Å². The van der Waals surface area contributed by atoms with E-state index in [9.17, 15) is 4.39 Å². The third-order valence-corrected chi connectivity index (χ3v) is 5.22. The number of nitrogens with one attached hydrogen (secondary N) is 1. The molecule has 3 heteroatoms. The summed E-state index contributed by atoms with van der Waals surface area (Å²) < 4.78 is 13.3. The molecule has 2 saturated heterocycles. The Balaban J connectivity index is 1.56. The molecule has 0 bridgehead atoms. The molecule has 102 valence electrons. The van der Waals surface area contributed by atoms with Crippen molar-refractivity contribution >= 4 is 0 Å². The van der Waals surface area contributed by atoms with Gasteiger partial charge in [-0.05, 0) is 61.4 Å². The number of likely N-dealkylation sites (tertiary alicyclic amines) is 1. The molecule has 1 aliphatic carbocycles. The molecule has 2 nitrogen and oxygen atoms in total. The highest BCUT2D eigenvalue weighted by atomic mass is 19.1. The molecule has 2 heterocycles. The van der Waals surface area contributed by atoms with Gasteiger partial charge in [-0.1, -0.05) is 6.07 Å². The lowest BCUT2D eigenvalue weighted by molar-refractivity contribution is 0.234. The fraction of sp³-hybridized carbons (Fsp3) is 0.625. The smallest absolute Gasteiger partial charge is 0.123 e. The van der Waals surface area contributed by atoms with Crippen LogP contribution in [-0.4, -0.2) is 30.6 Å². The van der Waals surface area contributed by atoms with Crippen LogP contribution in [0, 0.1) is 11.7 Å². The monoisotopic (exact) mass is 260 g/mol. The number of fused-ring (bicyclic) bond motifs is 2. The molecule has 3 unspecified atom stereocenters. The van der Waals surface area contributed by atoms with E-state index in [0.717, 1.165) is 18.8 Å². The van der Waals surface area contributed by atoms with Crippen molar-refractivity contribution in [2.75, 3.05) is 19.6 Å². The van der Waals surface area contributed by atoms with Gasteiger partial charge in [-0.3, -0.25) is 4.90 Å². The van der Waals surface area contributed by atoms with E-state index in [1.54, 1.807) is 12.1 Å². The van der Waals surface area contributed by atoms with Crippen LogP contribution in [0.3, 0.4) is 0 Å². The number of hydrogen-bond acceptors (Lipinski definition) is 2. The Morgan fingerprint density at radius 1 is 1.21 bits per heavy atom. The molecule has 19 heavy (non-hydrogen) atoms. The summed E-state index contributed by atoms with van der Waals surface area (Å²) >= 11 is 0. The molecule has 1 N–H and O–H groups in total. The van der Waals surface area contributed by atoms with Crippen molar-refractivity contribution in [1.82, 2.24) is 10.2 Å². The summed E-state index contributed by atoms with van der Waals surface area (Å²) in [4.78, 5) is 2.64. The maximum Gasteiger partial charge on any atom is 0.123 e. The van der Waals surface area contributed by atoms with E-state index < -0.39 is 0 Å². The fourth-order valence-electron chi connectivity index (χ4n) is 4.28. The SMILES string of the molecule is Fc1ccc2c(c1)CCC2N1CC2CCCNC2C1. The summed E-state index contributed by atoms with van der Waals surface area (Å²) in [5, 5.41) is 3.67. The molecule has 2 aliphatic heterocycles. The van der Waals surface area contributed by atoms with Crippen LogP contribution in [0.25, 0.3) is 0 Å². The number of hydrogen-bond donors (Lipinski definition) is 1. The van der Waals surface area contributed by atoms with Crippen LogP contribution < -0.4 is 5.32 Å². The summed E-state index contributed by atoms with van der Waals surface area (Å²) in [6.07, 6.45) is 4.90. The molecule has 3 atom stereocenters. The van der Waals surface area contributed by atoms with Gasteiger partial charge in [0, 0.05) is 25.2 Å². The molecule has 0 radical (unpaired) electrons. The van der Waals surface area contributed by atoms with Gasteiger partial charge in [0.15, 0.2) is 0 Å². The quantitative estimate of drug-likeness (QED) is 0.834. The van der Waals surface area contributed by atoms with Crippen molar-refractivity contribution in [3.63, 3.8) is 0 Å². The number of piperidine rings is 1. The maximum atomic E-state index is 13.3. The van der Waals surface area contributed by atoms with Crippen molar-refractivity contribution in [2.45, 2.75) is 37.8 Å². The molecule has 0 amide bonds. The number of aryl methyl sites for hydroxylation is 1. The van der Waals surface area contributed by atoms with E-state index in [2.05, 4.69) is 10.2 Å². The predicted molar refractivity (Wildman–Crippen MR) is 73.5 cm³/mol. The Morgan fingerprint density at radius 3 is 3.05 bits per heavy atom. The topological polar surface area (TPSA) is 15.3 Å². The van der Waals surface area contributed by atoms with Crippen molar-refractivity contribution < 1.29 is 4.39 Å². The number of nitrogens with zero attached hydrogens (tertiary/aromatic N) is 1. The largest absolute Gasteiger partial charge is 0.312 e. The molecule has 0 saturated carbocycles. The highest BCUT2D eigenvalue weighted by molar-refractivity contribution is 5.35. The first-order chi connectivity index (χ1) is 9.31. The first-order valence-electron chi connectivity index (χ1n) is 7.57. The van der Waals surface area contributed by atoms with E-state index in [-0.39, 0.29) is 5.82 Å².